The predicted octanol–water partition coefficient (Wildman–Crippen LogP) is 4.82. The summed E-state index contributed by atoms with van der Waals surface area (Å²) in [6, 6.07) is 11.2. The van der Waals surface area contributed by atoms with E-state index in [4.69, 9.17) is 4.74 Å². The van der Waals surface area contributed by atoms with Crippen molar-refractivity contribution in [3.63, 3.8) is 0 Å². The van der Waals surface area contributed by atoms with Crippen molar-refractivity contribution in [2.24, 2.45) is 5.92 Å². The van der Waals surface area contributed by atoms with E-state index in [1.165, 1.54) is 0 Å². The minimum absolute atomic E-state index is 0.00327. The molecule has 1 N–H and O–H groups in total. The molecule has 1 saturated heterocycles. The second kappa shape index (κ2) is 9.44. The fourth-order valence-electron chi connectivity index (χ4n) is 3.76. The second-order valence-electron chi connectivity index (χ2n) is 7.39. The molecule has 0 spiro atoms. The molecule has 1 aliphatic rings. The van der Waals surface area contributed by atoms with E-state index < -0.39 is 0 Å². The van der Waals surface area contributed by atoms with E-state index in [1.807, 2.05) is 17.9 Å². The zero-order valence-electron chi connectivity index (χ0n) is 17.1. The molecule has 0 aromatic heterocycles. The number of halogens is 1. The number of amides is 2. The van der Waals surface area contributed by atoms with Crippen molar-refractivity contribution in [3.8, 4) is 5.75 Å². The first-order chi connectivity index (χ1) is 13.9. The third kappa shape index (κ3) is 4.99. The van der Waals surface area contributed by atoms with Crippen molar-refractivity contribution in [1.29, 1.82) is 0 Å². The quantitative estimate of drug-likeness (QED) is 0.698. The Balaban J connectivity index is 1.60. The summed E-state index contributed by atoms with van der Waals surface area (Å²) in [4.78, 5) is 27.4. The van der Waals surface area contributed by atoms with Gasteiger partial charge in [0.25, 0.3) is 5.91 Å². The van der Waals surface area contributed by atoms with Gasteiger partial charge in [0, 0.05) is 34.7 Å². The summed E-state index contributed by atoms with van der Waals surface area (Å²) >= 11 is 3.52. The Morgan fingerprint density at radius 3 is 2.41 bits per heavy atom. The number of nitrogens with zero attached hydrogens (tertiary/aromatic N) is 1. The first-order valence-corrected chi connectivity index (χ1v) is 10.8. The lowest BCUT2D eigenvalue weighted by atomic mass is 9.94. The van der Waals surface area contributed by atoms with Crippen LogP contribution < -0.4 is 10.1 Å². The molecule has 5 nitrogen and oxygen atoms in total. The highest BCUT2D eigenvalue weighted by atomic mass is 79.9. The van der Waals surface area contributed by atoms with Gasteiger partial charge in [-0.25, -0.2) is 0 Å². The zero-order chi connectivity index (χ0) is 21.0. The van der Waals surface area contributed by atoms with Gasteiger partial charge in [-0.15, -0.1) is 0 Å². The molecule has 3 rings (SSSR count). The highest BCUT2D eigenvalue weighted by Gasteiger charge is 2.28. The molecule has 0 unspecified atom stereocenters. The maximum absolute atomic E-state index is 12.8. The lowest BCUT2D eigenvalue weighted by molar-refractivity contribution is -0.121. The maximum atomic E-state index is 12.8. The molecule has 0 bridgehead atoms. The van der Waals surface area contributed by atoms with Crippen molar-refractivity contribution in [3.05, 3.63) is 57.6 Å². The van der Waals surface area contributed by atoms with E-state index in [0.29, 0.717) is 31.5 Å². The molecular formula is C23H27BrN2O3. The molecule has 29 heavy (non-hydrogen) atoms. The van der Waals surface area contributed by atoms with Crippen molar-refractivity contribution >= 4 is 33.4 Å². The molecule has 0 aliphatic carbocycles. The average Bonchev–Trinajstić information content (AvgIpc) is 2.75. The van der Waals surface area contributed by atoms with E-state index in [2.05, 4.69) is 34.2 Å². The van der Waals surface area contributed by atoms with Crippen molar-refractivity contribution in [2.75, 3.05) is 25.5 Å². The van der Waals surface area contributed by atoms with Gasteiger partial charge in [0.1, 0.15) is 5.75 Å². The van der Waals surface area contributed by atoms with Crippen LogP contribution in [-0.2, 0) is 11.2 Å². The monoisotopic (exact) mass is 458 g/mol. The molecule has 0 radical (unpaired) electrons. The fraction of sp³-hybridized carbons (Fsp3) is 0.391. The lowest BCUT2D eigenvalue weighted by Crippen LogP contribution is -2.41. The van der Waals surface area contributed by atoms with Gasteiger partial charge in [-0.1, -0.05) is 22.9 Å². The minimum Gasteiger partial charge on any atom is -0.497 e. The summed E-state index contributed by atoms with van der Waals surface area (Å²) in [5, 5.41) is 3.14. The molecule has 2 aromatic rings. The normalized spacial score (nSPS) is 14.6. The van der Waals surface area contributed by atoms with Crippen LogP contribution in [0.1, 0.15) is 41.3 Å². The third-order valence-corrected chi connectivity index (χ3v) is 5.96. The number of likely N-dealkylation sites (tertiary alicyclic amines) is 1. The smallest absolute Gasteiger partial charge is 0.253 e. The van der Waals surface area contributed by atoms with Crippen LogP contribution in [0.25, 0.3) is 0 Å². The SMILES string of the molecule is CCc1cc(Br)cc(C)c1NC(=O)C1CCN(C(=O)c2ccc(OC)cc2)CC1. The number of ether oxygens (including phenoxy) is 1. The molecule has 2 aromatic carbocycles. The molecular weight excluding hydrogens is 432 g/mol. The molecule has 6 heteroatoms. The van der Waals surface area contributed by atoms with Gasteiger partial charge in [0.2, 0.25) is 5.91 Å². The van der Waals surface area contributed by atoms with Gasteiger partial charge in [0.15, 0.2) is 0 Å². The largest absolute Gasteiger partial charge is 0.497 e. The van der Waals surface area contributed by atoms with E-state index in [1.54, 1.807) is 31.4 Å². The Labute approximate surface area is 180 Å². The highest BCUT2D eigenvalue weighted by Crippen LogP contribution is 2.28. The summed E-state index contributed by atoms with van der Waals surface area (Å²) in [5.41, 5.74) is 3.73. The first kappa shape index (κ1) is 21.4. The van der Waals surface area contributed by atoms with Crippen LogP contribution in [0.5, 0.6) is 5.75 Å². The van der Waals surface area contributed by atoms with Crippen LogP contribution in [0, 0.1) is 12.8 Å². The molecule has 1 heterocycles. The van der Waals surface area contributed by atoms with E-state index in [-0.39, 0.29) is 17.7 Å². The average molecular weight is 459 g/mol. The number of hydrogen-bond acceptors (Lipinski definition) is 3. The highest BCUT2D eigenvalue weighted by molar-refractivity contribution is 9.10. The lowest BCUT2D eigenvalue weighted by Gasteiger charge is -2.31. The van der Waals surface area contributed by atoms with Gasteiger partial charge >= 0.3 is 0 Å². The number of carbonyl (C=O) groups excluding carboxylic acids is 2. The molecule has 0 atom stereocenters. The summed E-state index contributed by atoms with van der Waals surface area (Å²) in [5.74, 6) is 0.694. The van der Waals surface area contributed by atoms with Crippen molar-refractivity contribution < 1.29 is 14.3 Å². The van der Waals surface area contributed by atoms with E-state index >= 15 is 0 Å². The van der Waals surface area contributed by atoms with Crippen LogP contribution in [0.3, 0.4) is 0 Å². The maximum Gasteiger partial charge on any atom is 0.253 e. The van der Waals surface area contributed by atoms with Gasteiger partial charge in [0.05, 0.1) is 7.11 Å². The summed E-state index contributed by atoms with van der Waals surface area (Å²) in [6.45, 7) is 5.27. The van der Waals surface area contributed by atoms with Gasteiger partial charge in [-0.05, 0) is 73.7 Å². The van der Waals surface area contributed by atoms with Crippen LogP contribution in [0.2, 0.25) is 0 Å². The Bertz CT molecular complexity index is 888. The number of aryl methyl sites for hydroxylation is 2. The van der Waals surface area contributed by atoms with Gasteiger partial charge < -0.3 is 15.0 Å². The van der Waals surface area contributed by atoms with Crippen molar-refractivity contribution in [2.45, 2.75) is 33.1 Å². The van der Waals surface area contributed by atoms with Crippen LogP contribution >= 0.6 is 15.9 Å². The number of nitrogens with one attached hydrogen (secondary N) is 1. The summed E-state index contributed by atoms with van der Waals surface area (Å²) < 4.78 is 6.17. The second-order valence-corrected chi connectivity index (χ2v) is 8.31. The molecule has 154 valence electrons. The van der Waals surface area contributed by atoms with E-state index in [9.17, 15) is 9.59 Å². The summed E-state index contributed by atoms with van der Waals surface area (Å²) in [7, 11) is 1.60. The van der Waals surface area contributed by atoms with Crippen molar-refractivity contribution in [1.82, 2.24) is 4.90 Å². The number of anilines is 1. The number of methoxy groups -OCH3 is 1. The van der Waals surface area contributed by atoms with Crippen LogP contribution in [0.15, 0.2) is 40.9 Å². The zero-order valence-corrected chi connectivity index (χ0v) is 18.7. The summed E-state index contributed by atoms with van der Waals surface area (Å²) in [6.07, 6.45) is 2.19. The Kier molecular flexibility index (Phi) is 6.96. The van der Waals surface area contributed by atoms with Crippen LogP contribution in [-0.4, -0.2) is 36.9 Å². The first-order valence-electron chi connectivity index (χ1n) is 9.96. The van der Waals surface area contributed by atoms with Gasteiger partial charge in [-0.2, -0.15) is 0 Å². The topological polar surface area (TPSA) is 58.6 Å². The standard InChI is InChI=1S/C23H27BrN2O3/c1-4-16-14-19(24)13-15(2)21(16)25-22(27)17-9-11-26(12-10-17)23(28)18-5-7-20(29-3)8-6-18/h5-8,13-14,17H,4,9-12H2,1-3H3,(H,25,27). The van der Waals surface area contributed by atoms with E-state index in [0.717, 1.165) is 33.5 Å². The number of benzene rings is 2. The number of hydrogen-bond donors (Lipinski definition) is 1. The molecule has 2 amide bonds. The van der Waals surface area contributed by atoms with Gasteiger partial charge in [-0.3, -0.25) is 9.59 Å². The number of rotatable bonds is 5. The Morgan fingerprint density at radius 2 is 1.83 bits per heavy atom. The minimum atomic E-state index is -0.0809. The Hall–Kier alpha value is -2.34. The molecule has 1 aliphatic heterocycles. The number of piperidine rings is 1. The van der Waals surface area contributed by atoms with Crippen LogP contribution in [0.4, 0.5) is 5.69 Å². The Morgan fingerprint density at radius 1 is 1.17 bits per heavy atom. The molecule has 0 saturated carbocycles. The molecule has 1 fully saturated rings. The predicted molar refractivity (Wildman–Crippen MR) is 119 cm³/mol. The third-order valence-electron chi connectivity index (χ3n) is 5.50. The fourth-order valence-corrected chi connectivity index (χ4v) is 4.38. The number of carbonyl (C=O) groups is 2.